The van der Waals surface area contributed by atoms with Gasteiger partial charge in [-0.05, 0) is 103 Å². The molecule has 3 atom stereocenters. The number of hydrogen-bond donors (Lipinski definition) is 0. The zero-order chi connectivity index (χ0) is 29.9. The molecule has 0 aromatic rings. The number of hydrogen-bond acceptors (Lipinski definition) is 2. The zero-order valence-corrected chi connectivity index (χ0v) is 30.5. The van der Waals surface area contributed by atoms with E-state index in [1.807, 2.05) is 0 Å². The average molecular weight is 575 g/mol. The van der Waals surface area contributed by atoms with E-state index in [9.17, 15) is 0 Å². The Morgan fingerprint density at radius 1 is 1.00 bits per heavy atom. The largest absolute Gasteiger partial charge is 0.410 e. The van der Waals surface area contributed by atoms with Gasteiger partial charge in [0.05, 0.1) is 14.2 Å². The third-order valence-corrected chi connectivity index (χ3v) is 21.9. The van der Waals surface area contributed by atoms with Crippen molar-refractivity contribution in [1.29, 1.82) is 0 Å². The summed E-state index contributed by atoms with van der Waals surface area (Å²) in [5.41, 5.74) is 5.40. The van der Waals surface area contributed by atoms with E-state index in [0.717, 1.165) is 38.4 Å². The smallest absolute Gasteiger partial charge is 0.192 e. The standard InChI is InChI=1S/C35H66O2Si2/c1-27(2)19-22-36-23-21-35(10)20-15-16-29(26-35)17-18-30-24-31(38(11,12)33(4,5)6)25-32(28(30)3)37-39(13,14)34(7,8)9/h17-18,27,31-32H,3,15-16,19-26H2,1-2,4-14H3/t31-,32+,35+/m1/s1. The minimum atomic E-state index is -1.90. The van der Waals surface area contributed by atoms with Crippen LogP contribution in [0.5, 0.6) is 0 Å². The van der Waals surface area contributed by atoms with Gasteiger partial charge in [0.15, 0.2) is 8.32 Å². The first-order valence-electron chi connectivity index (χ1n) is 16.0. The fourth-order valence-electron chi connectivity index (χ4n) is 5.86. The molecule has 0 saturated heterocycles. The van der Waals surface area contributed by atoms with E-state index in [0.29, 0.717) is 16.0 Å². The average Bonchev–Trinajstić information content (AvgIpc) is 2.77. The van der Waals surface area contributed by atoms with E-state index in [4.69, 9.17) is 9.16 Å². The molecule has 2 aliphatic rings. The van der Waals surface area contributed by atoms with Crippen LogP contribution >= 0.6 is 0 Å². The van der Waals surface area contributed by atoms with Crippen LogP contribution in [0.15, 0.2) is 35.5 Å². The third kappa shape index (κ3) is 9.55. The maximum Gasteiger partial charge on any atom is 0.192 e. The topological polar surface area (TPSA) is 18.5 Å². The van der Waals surface area contributed by atoms with Crippen LogP contribution in [-0.2, 0) is 9.16 Å². The molecule has 2 saturated carbocycles. The Hall–Kier alpha value is -0.426. The molecule has 2 fully saturated rings. The first-order valence-corrected chi connectivity index (χ1v) is 22.0. The molecule has 2 rings (SSSR count). The number of rotatable bonds is 10. The summed E-state index contributed by atoms with van der Waals surface area (Å²) in [6.45, 7) is 38.0. The Morgan fingerprint density at radius 3 is 2.21 bits per heavy atom. The molecule has 226 valence electrons. The third-order valence-electron chi connectivity index (χ3n) is 11.1. The minimum Gasteiger partial charge on any atom is -0.410 e. The van der Waals surface area contributed by atoms with Gasteiger partial charge in [0.25, 0.3) is 0 Å². The maximum absolute atomic E-state index is 7.11. The molecule has 0 amide bonds. The van der Waals surface area contributed by atoms with Crippen molar-refractivity contribution in [3.63, 3.8) is 0 Å². The van der Waals surface area contributed by atoms with Gasteiger partial charge >= 0.3 is 0 Å². The molecule has 4 heteroatoms. The quantitative estimate of drug-likeness (QED) is 0.191. The van der Waals surface area contributed by atoms with Gasteiger partial charge in [0, 0.05) is 13.2 Å². The molecule has 0 aromatic carbocycles. The van der Waals surface area contributed by atoms with Crippen molar-refractivity contribution >= 4 is 16.4 Å². The Balaban J connectivity index is 2.26. The zero-order valence-electron chi connectivity index (χ0n) is 28.5. The van der Waals surface area contributed by atoms with E-state index in [-0.39, 0.29) is 11.1 Å². The lowest BCUT2D eigenvalue weighted by atomic mass is 9.71. The lowest BCUT2D eigenvalue weighted by molar-refractivity contribution is 0.0837. The Kier molecular flexibility index (Phi) is 11.8. The molecule has 0 heterocycles. The molecule has 39 heavy (non-hydrogen) atoms. The molecule has 0 aromatic heterocycles. The van der Waals surface area contributed by atoms with Gasteiger partial charge < -0.3 is 9.16 Å². The van der Waals surface area contributed by atoms with Gasteiger partial charge in [0.1, 0.15) is 0 Å². The summed E-state index contributed by atoms with van der Waals surface area (Å²) >= 11 is 0. The van der Waals surface area contributed by atoms with Gasteiger partial charge in [-0.1, -0.05) is 99.7 Å². The second-order valence-corrected chi connectivity index (χ2v) is 27.4. The second kappa shape index (κ2) is 13.3. The van der Waals surface area contributed by atoms with Gasteiger partial charge in [-0.2, -0.15) is 0 Å². The van der Waals surface area contributed by atoms with Gasteiger partial charge in [-0.25, -0.2) is 0 Å². The summed E-state index contributed by atoms with van der Waals surface area (Å²) in [4.78, 5) is 0. The highest BCUT2D eigenvalue weighted by atomic mass is 28.4. The van der Waals surface area contributed by atoms with Crippen LogP contribution in [0, 0.1) is 11.3 Å². The lowest BCUT2D eigenvalue weighted by Gasteiger charge is -2.49. The summed E-state index contributed by atoms with van der Waals surface area (Å²) in [5, 5.41) is 0.567. The first kappa shape index (κ1) is 34.8. The summed E-state index contributed by atoms with van der Waals surface area (Å²) in [5.74, 6) is 0.718. The van der Waals surface area contributed by atoms with Crippen molar-refractivity contribution in [3.05, 3.63) is 35.5 Å². The van der Waals surface area contributed by atoms with E-state index in [1.54, 1.807) is 5.57 Å². The maximum atomic E-state index is 7.11. The van der Waals surface area contributed by atoms with Crippen LogP contribution in [0.25, 0.3) is 0 Å². The fraction of sp³-hybridized carbons (Fsp3) is 0.829. The molecule has 0 unspecified atom stereocenters. The molecule has 0 N–H and O–H groups in total. The summed E-state index contributed by atoms with van der Waals surface area (Å²) in [6.07, 6.45) is 14.8. The number of ether oxygens (including phenoxy) is 1. The monoisotopic (exact) mass is 574 g/mol. The van der Waals surface area contributed by atoms with Gasteiger partial charge in [-0.3, -0.25) is 0 Å². The van der Waals surface area contributed by atoms with Crippen molar-refractivity contribution in [2.75, 3.05) is 13.2 Å². The summed E-state index contributed by atoms with van der Waals surface area (Å²) in [7, 11) is -3.44. The van der Waals surface area contributed by atoms with Crippen LogP contribution in [0.4, 0.5) is 0 Å². The minimum absolute atomic E-state index is 0.156. The second-order valence-electron chi connectivity index (χ2n) is 16.9. The Bertz CT molecular complexity index is 881. The highest BCUT2D eigenvalue weighted by Gasteiger charge is 2.47. The van der Waals surface area contributed by atoms with Crippen molar-refractivity contribution < 1.29 is 9.16 Å². The SMILES string of the molecule is C=C1C(=CC=C2CCC[C@@](C)(CCOCCC(C)C)C2)C[C@@H]([Si](C)(C)C(C)(C)C)C[C@@H]1O[Si](C)(C)C(C)(C)C. The highest BCUT2D eigenvalue weighted by molar-refractivity contribution is 6.81. The molecule has 0 radical (unpaired) electrons. The van der Waals surface area contributed by atoms with E-state index in [1.165, 1.54) is 43.3 Å². The van der Waals surface area contributed by atoms with Gasteiger partial charge in [0.2, 0.25) is 0 Å². The van der Waals surface area contributed by atoms with Crippen molar-refractivity contribution in [1.82, 2.24) is 0 Å². The normalized spacial score (nSPS) is 28.1. The molecular formula is C35H66O2Si2. The molecule has 0 aliphatic heterocycles. The molecule has 0 bridgehead atoms. The van der Waals surface area contributed by atoms with Crippen LogP contribution in [0.2, 0.25) is 41.8 Å². The Labute approximate surface area is 246 Å². The Morgan fingerprint density at radius 2 is 1.64 bits per heavy atom. The molecule has 2 nitrogen and oxygen atoms in total. The summed E-state index contributed by atoms with van der Waals surface area (Å²) in [6, 6.07) is 0. The van der Waals surface area contributed by atoms with Crippen LogP contribution in [0.3, 0.4) is 0 Å². The van der Waals surface area contributed by atoms with Crippen LogP contribution in [-0.4, -0.2) is 35.7 Å². The predicted molar refractivity (Wildman–Crippen MR) is 179 cm³/mol. The summed E-state index contributed by atoms with van der Waals surface area (Å²) < 4.78 is 13.1. The van der Waals surface area contributed by atoms with E-state index < -0.39 is 16.4 Å². The van der Waals surface area contributed by atoms with Crippen molar-refractivity contribution in [3.8, 4) is 0 Å². The fourth-order valence-corrected chi connectivity index (χ4v) is 9.92. The molecular weight excluding hydrogens is 509 g/mol. The molecule has 0 spiro atoms. The first-order chi connectivity index (χ1) is 17.7. The van der Waals surface area contributed by atoms with E-state index in [2.05, 4.69) is 107 Å². The molecule has 2 aliphatic carbocycles. The number of allylic oxidation sites excluding steroid dienone is 3. The van der Waals surface area contributed by atoms with E-state index >= 15 is 0 Å². The van der Waals surface area contributed by atoms with Crippen LogP contribution in [0.1, 0.15) is 114 Å². The van der Waals surface area contributed by atoms with Crippen molar-refractivity contribution in [2.45, 2.75) is 162 Å². The van der Waals surface area contributed by atoms with Gasteiger partial charge in [-0.15, -0.1) is 0 Å². The highest BCUT2D eigenvalue weighted by Crippen LogP contribution is 2.53. The lowest BCUT2D eigenvalue weighted by Crippen LogP contribution is -2.49. The predicted octanol–water partition coefficient (Wildman–Crippen LogP) is 11.5. The van der Waals surface area contributed by atoms with Crippen LogP contribution < -0.4 is 0 Å². The van der Waals surface area contributed by atoms with Crippen molar-refractivity contribution in [2.24, 2.45) is 11.3 Å².